The molecule has 0 radical (unpaired) electrons. The van der Waals surface area contributed by atoms with E-state index in [0.717, 1.165) is 30.0 Å². The van der Waals surface area contributed by atoms with Crippen LogP contribution in [0.4, 0.5) is 0 Å². The largest absolute Gasteiger partial charge is 0.489 e. The van der Waals surface area contributed by atoms with Crippen LogP contribution in [0.3, 0.4) is 0 Å². The molecule has 0 aliphatic carbocycles. The Hall–Kier alpha value is -3.59. The molecular weight excluding hydrogens is 490 g/mol. The van der Waals surface area contributed by atoms with E-state index in [9.17, 15) is 9.90 Å². The average molecular weight is 524 g/mol. The Kier molecular flexibility index (Phi) is 8.12. The first-order valence-electron chi connectivity index (χ1n) is 13.2. The second-order valence-electron chi connectivity index (χ2n) is 9.98. The van der Waals surface area contributed by atoms with Crippen molar-refractivity contribution in [2.75, 3.05) is 13.1 Å². The Morgan fingerprint density at radius 2 is 1.87 bits per heavy atom. The molecule has 4 nitrogen and oxygen atoms in total. The molecule has 0 unspecified atom stereocenters. The molecule has 5 rings (SSSR count). The summed E-state index contributed by atoms with van der Waals surface area (Å²) in [6.45, 7) is 6.63. The highest BCUT2D eigenvalue weighted by Crippen LogP contribution is 2.38. The van der Waals surface area contributed by atoms with Gasteiger partial charge in [-0.1, -0.05) is 42.3 Å². The number of thiophene rings is 1. The van der Waals surface area contributed by atoms with Gasteiger partial charge in [0.05, 0.1) is 12.3 Å². The standard InChI is InChI=1S/C33H33NO3S/c1-3-4-26(19-33(35)36)24-6-9-28(10-7-24)37-20-23-5-12-32-30(18-23)31(21-38-32)29-11-8-27(17-22(29)2)25-13-15-34-16-14-25/h5-12,17-18,21,25-26,34H,13-16,19-20H2,1-2H3,(H,35,36)/t26-/m0/s1. The summed E-state index contributed by atoms with van der Waals surface area (Å²) in [6.07, 6.45) is 2.41. The number of piperidine rings is 1. The van der Waals surface area contributed by atoms with E-state index in [0.29, 0.717) is 12.5 Å². The summed E-state index contributed by atoms with van der Waals surface area (Å²) >= 11 is 1.78. The Labute approximate surface area is 228 Å². The molecule has 1 aliphatic heterocycles. The fraction of sp³-hybridized carbons (Fsp3) is 0.303. The van der Waals surface area contributed by atoms with Crippen molar-refractivity contribution in [3.05, 3.63) is 88.3 Å². The molecule has 5 heteroatoms. The van der Waals surface area contributed by atoms with Crippen molar-refractivity contribution in [3.63, 3.8) is 0 Å². The van der Waals surface area contributed by atoms with Gasteiger partial charge in [-0.05, 0) is 103 Å². The molecule has 38 heavy (non-hydrogen) atoms. The maximum Gasteiger partial charge on any atom is 0.304 e. The third-order valence-corrected chi connectivity index (χ3v) is 8.34. The maximum atomic E-state index is 11.2. The van der Waals surface area contributed by atoms with Crippen molar-refractivity contribution in [2.45, 2.75) is 51.6 Å². The summed E-state index contributed by atoms with van der Waals surface area (Å²) in [5, 5.41) is 16.2. The number of fused-ring (bicyclic) bond motifs is 1. The van der Waals surface area contributed by atoms with Crippen molar-refractivity contribution in [1.82, 2.24) is 5.32 Å². The summed E-state index contributed by atoms with van der Waals surface area (Å²) in [7, 11) is 0. The predicted molar refractivity (Wildman–Crippen MR) is 156 cm³/mol. The topological polar surface area (TPSA) is 58.6 Å². The van der Waals surface area contributed by atoms with E-state index in [4.69, 9.17) is 4.74 Å². The van der Waals surface area contributed by atoms with E-state index in [1.54, 1.807) is 18.3 Å². The van der Waals surface area contributed by atoms with Gasteiger partial charge in [-0.25, -0.2) is 0 Å². The number of rotatable bonds is 8. The lowest BCUT2D eigenvalue weighted by molar-refractivity contribution is -0.137. The summed E-state index contributed by atoms with van der Waals surface area (Å²) in [6, 6.07) is 21.2. The first-order valence-corrected chi connectivity index (χ1v) is 14.1. The Bertz CT molecular complexity index is 1490. The second kappa shape index (κ2) is 11.9. The number of carboxylic acid groups (broad SMARTS) is 1. The second-order valence-corrected chi connectivity index (χ2v) is 10.9. The fourth-order valence-corrected chi connectivity index (χ4v) is 6.28. The third-order valence-electron chi connectivity index (χ3n) is 7.37. The van der Waals surface area contributed by atoms with Crippen LogP contribution in [-0.2, 0) is 11.4 Å². The van der Waals surface area contributed by atoms with Crippen LogP contribution in [0.5, 0.6) is 5.75 Å². The number of aliphatic carboxylic acids is 1. The van der Waals surface area contributed by atoms with Gasteiger partial charge in [-0.2, -0.15) is 0 Å². The van der Waals surface area contributed by atoms with Crippen molar-refractivity contribution >= 4 is 27.4 Å². The smallest absolute Gasteiger partial charge is 0.304 e. The highest BCUT2D eigenvalue weighted by molar-refractivity contribution is 7.17. The minimum Gasteiger partial charge on any atom is -0.489 e. The van der Waals surface area contributed by atoms with Crippen molar-refractivity contribution in [1.29, 1.82) is 0 Å². The van der Waals surface area contributed by atoms with Gasteiger partial charge >= 0.3 is 5.97 Å². The number of aryl methyl sites for hydroxylation is 1. The third kappa shape index (κ3) is 5.93. The number of carbonyl (C=O) groups is 1. The highest BCUT2D eigenvalue weighted by Gasteiger charge is 2.17. The zero-order valence-corrected chi connectivity index (χ0v) is 22.7. The SMILES string of the molecule is CC#C[C@@H](CC(=O)O)c1ccc(OCc2ccc3scc(-c4ccc(C5CCNCC5)cc4C)c3c2)cc1. The molecule has 1 aromatic heterocycles. The molecule has 1 aliphatic rings. The normalized spacial score (nSPS) is 14.6. The molecule has 194 valence electrons. The molecule has 0 amide bonds. The van der Waals surface area contributed by atoms with Gasteiger partial charge in [0.1, 0.15) is 12.4 Å². The van der Waals surface area contributed by atoms with Gasteiger partial charge in [0.25, 0.3) is 0 Å². The molecule has 0 spiro atoms. The Morgan fingerprint density at radius 1 is 1.08 bits per heavy atom. The summed E-state index contributed by atoms with van der Waals surface area (Å²) in [5.41, 5.74) is 7.38. The number of nitrogens with one attached hydrogen (secondary N) is 1. The molecule has 3 aromatic carbocycles. The van der Waals surface area contributed by atoms with Crippen LogP contribution < -0.4 is 10.1 Å². The summed E-state index contributed by atoms with van der Waals surface area (Å²) < 4.78 is 7.37. The molecule has 4 aromatic rings. The van der Waals surface area contributed by atoms with E-state index in [2.05, 4.69) is 65.9 Å². The van der Waals surface area contributed by atoms with Crippen LogP contribution in [0.25, 0.3) is 21.2 Å². The van der Waals surface area contributed by atoms with Gasteiger partial charge in [0.15, 0.2) is 0 Å². The van der Waals surface area contributed by atoms with E-state index >= 15 is 0 Å². The van der Waals surface area contributed by atoms with Gasteiger partial charge in [-0.3, -0.25) is 4.79 Å². The van der Waals surface area contributed by atoms with Crippen molar-refractivity contribution < 1.29 is 14.6 Å². The first-order chi connectivity index (χ1) is 18.5. The lowest BCUT2D eigenvalue weighted by Gasteiger charge is -2.23. The van der Waals surface area contributed by atoms with E-state index < -0.39 is 5.97 Å². The Morgan fingerprint density at radius 3 is 2.58 bits per heavy atom. The number of ether oxygens (including phenoxy) is 1. The molecule has 2 N–H and O–H groups in total. The molecule has 0 saturated carbocycles. The minimum atomic E-state index is -0.853. The monoisotopic (exact) mass is 523 g/mol. The lowest BCUT2D eigenvalue weighted by atomic mass is 9.87. The average Bonchev–Trinajstić information content (AvgIpc) is 3.35. The van der Waals surface area contributed by atoms with E-state index in [1.807, 2.05) is 24.3 Å². The quantitative estimate of drug-likeness (QED) is 0.235. The summed E-state index contributed by atoms with van der Waals surface area (Å²) in [4.78, 5) is 11.2. The number of hydrogen-bond acceptors (Lipinski definition) is 4. The minimum absolute atomic E-state index is 0.00963. The van der Waals surface area contributed by atoms with Crippen LogP contribution in [0.1, 0.15) is 60.3 Å². The number of hydrogen-bond donors (Lipinski definition) is 2. The molecule has 0 bridgehead atoms. The molecule has 1 fully saturated rings. The number of benzene rings is 3. The maximum absolute atomic E-state index is 11.2. The van der Waals surface area contributed by atoms with Crippen molar-refractivity contribution in [2.24, 2.45) is 0 Å². The zero-order chi connectivity index (χ0) is 26.5. The van der Waals surface area contributed by atoms with Gasteiger partial charge < -0.3 is 15.2 Å². The van der Waals surface area contributed by atoms with Crippen LogP contribution in [0, 0.1) is 18.8 Å². The molecule has 1 saturated heterocycles. The fourth-order valence-electron chi connectivity index (χ4n) is 5.34. The number of carboxylic acids is 1. The van der Waals surface area contributed by atoms with Crippen LogP contribution in [0.15, 0.2) is 66.0 Å². The zero-order valence-electron chi connectivity index (χ0n) is 21.9. The van der Waals surface area contributed by atoms with E-state index in [1.165, 1.54) is 45.2 Å². The molecule has 2 heterocycles. The van der Waals surface area contributed by atoms with Crippen LogP contribution in [-0.4, -0.2) is 24.2 Å². The molecular formula is C33H33NO3S. The predicted octanol–water partition coefficient (Wildman–Crippen LogP) is 7.50. The van der Waals surface area contributed by atoms with E-state index in [-0.39, 0.29) is 12.3 Å². The van der Waals surface area contributed by atoms with Gasteiger partial charge in [0.2, 0.25) is 0 Å². The highest BCUT2D eigenvalue weighted by atomic mass is 32.1. The van der Waals surface area contributed by atoms with Crippen LogP contribution >= 0.6 is 11.3 Å². The van der Waals surface area contributed by atoms with Crippen molar-refractivity contribution in [3.8, 4) is 28.7 Å². The lowest BCUT2D eigenvalue weighted by Crippen LogP contribution is -2.26. The molecule has 1 atom stereocenters. The Balaban J connectivity index is 1.31. The van der Waals surface area contributed by atoms with Gasteiger partial charge in [-0.15, -0.1) is 17.3 Å². The summed E-state index contributed by atoms with van der Waals surface area (Å²) in [5.74, 6) is 6.07. The first kappa shape index (κ1) is 26.0. The van der Waals surface area contributed by atoms with Gasteiger partial charge in [0, 0.05) is 15.6 Å². The van der Waals surface area contributed by atoms with Crippen LogP contribution in [0.2, 0.25) is 0 Å².